The first-order valence-corrected chi connectivity index (χ1v) is 6.03. The summed E-state index contributed by atoms with van der Waals surface area (Å²) in [5.74, 6) is 2.02. The highest BCUT2D eigenvalue weighted by molar-refractivity contribution is 5.46. The fourth-order valence-corrected chi connectivity index (χ4v) is 2.10. The van der Waals surface area contributed by atoms with Gasteiger partial charge < -0.3 is 9.47 Å². The van der Waals surface area contributed by atoms with Gasteiger partial charge in [0.2, 0.25) is 0 Å². The molecule has 1 unspecified atom stereocenters. The van der Waals surface area contributed by atoms with Crippen LogP contribution in [-0.4, -0.2) is 14.2 Å². The maximum atomic E-state index is 5.43. The Bertz CT molecular complexity index is 506. The molecule has 2 rings (SSSR count). The molecule has 2 aromatic rings. The van der Waals surface area contributed by atoms with Gasteiger partial charge in [-0.15, -0.1) is 0 Å². The van der Waals surface area contributed by atoms with Crippen LogP contribution in [0.3, 0.4) is 0 Å². The Morgan fingerprint density at radius 1 is 0.889 bits per heavy atom. The van der Waals surface area contributed by atoms with E-state index in [1.165, 1.54) is 5.56 Å². The standard InChI is InChI=1S/C16H18O2/c1-12(13-7-5-4-6-8-13)15-11-14(17-2)9-10-16(15)18-3/h4-12H,1-3H3. The second-order valence-electron chi connectivity index (χ2n) is 4.24. The maximum Gasteiger partial charge on any atom is 0.122 e. The Kier molecular flexibility index (Phi) is 3.88. The van der Waals surface area contributed by atoms with Crippen LogP contribution in [0.4, 0.5) is 0 Å². The molecule has 0 aliphatic rings. The summed E-state index contributed by atoms with van der Waals surface area (Å²) >= 11 is 0. The fraction of sp³-hybridized carbons (Fsp3) is 0.250. The molecule has 0 heterocycles. The van der Waals surface area contributed by atoms with Crippen molar-refractivity contribution in [2.45, 2.75) is 12.8 Å². The van der Waals surface area contributed by atoms with Gasteiger partial charge in [-0.25, -0.2) is 0 Å². The van der Waals surface area contributed by atoms with Gasteiger partial charge in [0.15, 0.2) is 0 Å². The lowest BCUT2D eigenvalue weighted by molar-refractivity contribution is 0.397. The van der Waals surface area contributed by atoms with Crippen molar-refractivity contribution in [1.29, 1.82) is 0 Å². The van der Waals surface area contributed by atoms with Crippen molar-refractivity contribution in [1.82, 2.24) is 0 Å². The van der Waals surface area contributed by atoms with Gasteiger partial charge in [-0.1, -0.05) is 37.3 Å². The first-order valence-electron chi connectivity index (χ1n) is 6.03. The molecule has 2 aromatic carbocycles. The second-order valence-corrected chi connectivity index (χ2v) is 4.24. The third-order valence-electron chi connectivity index (χ3n) is 3.20. The third-order valence-corrected chi connectivity index (χ3v) is 3.20. The van der Waals surface area contributed by atoms with Crippen LogP contribution in [0, 0.1) is 0 Å². The summed E-state index contributed by atoms with van der Waals surface area (Å²) in [5.41, 5.74) is 2.41. The largest absolute Gasteiger partial charge is 0.497 e. The predicted octanol–water partition coefficient (Wildman–Crippen LogP) is 3.86. The average molecular weight is 242 g/mol. The van der Waals surface area contributed by atoms with Crippen molar-refractivity contribution < 1.29 is 9.47 Å². The first kappa shape index (κ1) is 12.5. The van der Waals surface area contributed by atoms with Crippen LogP contribution in [0.25, 0.3) is 0 Å². The molecule has 0 saturated heterocycles. The molecule has 2 heteroatoms. The van der Waals surface area contributed by atoms with E-state index in [1.54, 1.807) is 14.2 Å². The molecule has 0 fully saturated rings. The Morgan fingerprint density at radius 2 is 1.61 bits per heavy atom. The highest BCUT2D eigenvalue weighted by atomic mass is 16.5. The Balaban J connectivity index is 2.42. The number of hydrogen-bond donors (Lipinski definition) is 0. The molecule has 0 N–H and O–H groups in total. The normalized spacial score (nSPS) is 11.9. The lowest BCUT2D eigenvalue weighted by Crippen LogP contribution is -2.00. The van der Waals surface area contributed by atoms with Crippen LogP contribution in [-0.2, 0) is 0 Å². The Hall–Kier alpha value is -1.96. The zero-order valence-corrected chi connectivity index (χ0v) is 11.0. The molecule has 0 aliphatic carbocycles. The van der Waals surface area contributed by atoms with Crippen LogP contribution in [0.2, 0.25) is 0 Å². The van der Waals surface area contributed by atoms with Gasteiger partial charge >= 0.3 is 0 Å². The third kappa shape index (κ3) is 2.48. The van der Waals surface area contributed by atoms with Crippen molar-refractivity contribution in [2.24, 2.45) is 0 Å². The lowest BCUT2D eigenvalue weighted by atomic mass is 9.92. The van der Waals surface area contributed by atoms with E-state index in [2.05, 4.69) is 31.2 Å². The van der Waals surface area contributed by atoms with Gasteiger partial charge in [-0.05, 0) is 23.8 Å². The monoisotopic (exact) mass is 242 g/mol. The lowest BCUT2D eigenvalue weighted by Gasteiger charge is -2.17. The van der Waals surface area contributed by atoms with Crippen LogP contribution in [0.1, 0.15) is 24.0 Å². The minimum atomic E-state index is 0.274. The second kappa shape index (κ2) is 5.58. The van der Waals surface area contributed by atoms with Crippen LogP contribution >= 0.6 is 0 Å². The molecule has 0 bridgehead atoms. The molecule has 0 radical (unpaired) electrons. The summed E-state index contributed by atoms with van der Waals surface area (Å²) in [6.07, 6.45) is 0. The minimum Gasteiger partial charge on any atom is -0.497 e. The predicted molar refractivity (Wildman–Crippen MR) is 73.5 cm³/mol. The summed E-state index contributed by atoms with van der Waals surface area (Å²) < 4.78 is 10.7. The zero-order chi connectivity index (χ0) is 13.0. The molecule has 1 atom stereocenters. The quantitative estimate of drug-likeness (QED) is 0.810. The van der Waals surface area contributed by atoms with Crippen molar-refractivity contribution in [3.63, 3.8) is 0 Å². The van der Waals surface area contributed by atoms with E-state index in [0.29, 0.717) is 0 Å². The molecule has 18 heavy (non-hydrogen) atoms. The van der Waals surface area contributed by atoms with E-state index in [9.17, 15) is 0 Å². The SMILES string of the molecule is COc1ccc(OC)c(C(C)c2ccccc2)c1. The van der Waals surface area contributed by atoms with E-state index in [-0.39, 0.29) is 5.92 Å². The van der Waals surface area contributed by atoms with Crippen molar-refractivity contribution in [3.05, 3.63) is 59.7 Å². The summed E-state index contributed by atoms with van der Waals surface area (Å²) in [5, 5.41) is 0. The Labute approximate surface area is 108 Å². The zero-order valence-electron chi connectivity index (χ0n) is 11.0. The minimum absolute atomic E-state index is 0.274. The van der Waals surface area contributed by atoms with Gasteiger partial charge in [0.1, 0.15) is 11.5 Å². The number of methoxy groups -OCH3 is 2. The van der Waals surface area contributed by atoms with E-state index < -0.39 is 0 Å². The highest BCUT2D eigenvalue weighted by Gasteiger charge is 2.14. The summed E-state index contributed by atoms with van der Waals surface area (Å²) in [4.78, 5) is 0. The van der Waals surface area contributed by atoms with Crippen LogP contribution in [0.15, 0.2) is 48.5 Å². The molecule has 0 amide bonds. The average Bonchev–Trinajstić information content (AvgIpc) is 2.46. The molecule has 94 valence electrons. The van der Waals surface area contributed by atoms with E-state index in [1.807, 2.05) is 24.3 Å². The summed E-state index contributed by atoms with van der Waals surface area (Å²) in [6, 6.07) is 16.3. The highest BCUT2D eigenvalue weighted by Crippen LogP contribution is 2.34. The molecule has 0 aromatic heterocycles. The van der Waals surface area contributed by atoms with E-state index in [4.69, 9.17) is 9.47 Å². The molecule has 0 aliphatic heterocycles. The number of rotatable bonds is 4. The van der Waals surface area contributed by atoms with Crippen LogP contribution in [0.5, 0.6) is 11.5 Å². The summed E-state index contributed by atoms with van der Waals surface area (Å²) in [7, 11) is 3.38. The maximum absolute atomic E-state index is 5.43. The van der Waals surface area contributed by atoms with Crippen LogP contribution < -0.4 is 9.47 Å². The molecule has 0 spiro atoms. The van der Waals surface area contributed by atoms with Gasteiger partial charge in [0.05, 0.1) is 14.2 Å². The Morgan fingerprint density at radius 3 is 2.22 bits per heavy atom. The first-order chi connectivity index (χ1) is 8.76. The van der Waals surface area contributed by atoms with Gasteiger partial charge in [-0.2, -0.15) is 0 Å². The van der Waals surface area contributed by atoms with Gasteiger partial charge in [-0.3, -0.25) is 0 Å². The number of benzene rings is 2. The van der Waals surface area contributed by atoms with Crippen molar-refractivity contribution >= 4 is 0 Å². The van der Waals surface area contributed by atoms with E-state index >= 15 is 0 Å². The van der Waals surface area contributed by atoms with Crippen molar-refractivity contribution in [2.75, 3.05) is 14.2 Å². The molecule has 2 nitrogen and oxygen atoms in total. The van der Waals surface area contributed by atoms with Gasteiger partial charge in [0, 0.05) is 11.5 Å². The fourth-order valence-electron chi connectivity index (χ4n) is 2.10. The number of ether oxygens (including phenoxy) is 2. The summed E-state index contributed by atoms with van der Waals surface area (Å²) in [6.45, 7) is 2.17. The van der Waals surface area contributed by atoms with Gasteiger partial charge in [0.25, 0.3) is 0 Å². The van der Waals surface area contributed by atoms with E-state index in [0.717, 1.165) is 17.1 Å². The topological polar surface area (TPSA) is 18.5 Å². The molecule has 0 saturated carbocycles. The van der Waals surface area contributed by atoms with Crippen molar-refractivity contribution in [3.8, 4) is 11.5 Å². The smallest absolute Gasteiger partial charge is 0.122 e. The molecular weight excluding hydrogens is 224 g/mol. The number of hydrogen-bond acceptors (Lipinski definition) is 2. The molecular formula is C16H18O2.